The first kappa shape index (κ1) is 21.5. The van der Waals surface area contributed by atoms with Crippen molar-refractivity contribution in [1.29, 1.82) is 0 Å². The number of carbonyl (C=O) groups excluding carboxylic acids is 1. The number of hydrogen-bond donors (Lipinski definition) is 2. The molecular weight excluding hydrogens is 396 g/mol. The zero-order valence-corrected chi connectivity index (χ0v) is 19.4. The van der Waals surface area contributed by atoms with Crippen LogP contribution in [0.5, 0.6) is 5.75 Å². The van der Waals surface area contributed by atoms with Gasteiger partial charge in [0.1, 0.15) is 18.5 Å². The maximum absolute atomic E-state index is 13.1. The van der Waals surface area contributed by atoms with E-state index >= 15 is 0 Å². The molecular formula is C25H32O4S. The van der Waals surface area contributed by atoms with Crippen LogP contribution in [0.15, 0.2) is 12.1 Å². The second-order valence-corrected chi connectivity index (χ2v) is 10.8. The number of aliphatic hydroxyl groups is 2. The Kier molecular flexibility index (Phi) is 5.58. The number of rotatable bonds is 8. The van der Waals surface area contributed by atoms with Crippen molar-refractivity contribution in [3.63, 3.8) is 0 Å². The minimum atomic E-state index is -0.881. The highest BCUT2D eigenvalue weighted by Gasteiger charge is 2.63. The lowest BCUT2D eigenvalue weighted by Crippen LogP contribution is -2.21. The van der Waals surface area contributed by atoms with E-state index in [0.29, 0.717) is 24.2 Å². The van der Waals surface area contributed by atoms with E-state index in [4.69, 9.17) is 9.84 Å². The van der Waals surface area contributed by atoms with Gasteiger partial charge in [-0.2, -0.15) is 0 Å². The molecule has 1 fully saturated rings. The Morgan fingerprint density at radius 2 is 1.93 bits per heavy atom. The van der Waals surface area contributed by atoms with Gasteiger partial charge in [0, 0.05) is 11.3 Å². The van der Waals surface area contributed by atoms with Gasteiger partial charge in [0.2, 0.25) is 0 Å². The largest absolute Gasteiger partial charge is 0.490 e. The van der Waals surface area contributed by atoms with Crippen LogP contribution in [0.3, 0.4) is 0 Å². The molecule has 30 heavy (non-hydrogen) atoms. The van der Waals surface area contributed by atoms with Gasteiger partial charge in [0.25, 0.3) is 0 Å². The number of Topliss-reactive ketones (excluding diaryl/α,β-unsaturated/α-hetero) is 1. The number of fused-ring (bicyclic) bond motifs is 3. The second-order valence-electron chi connectivity index (χ2n) is 9.62. The van der Waals surface area contributed by atoms with Crippen LogP contribution in [0.25, 0.3) is 0 Å². The summed E-state index contributed by atoms with van der Waals surface area (Å²) in [5.74, 6) is 2.40. The van der Waals surface area contributed by atoms with E-state index in [1.54, 1.807) is 11.3 Å². The Bertz CT molecular complexity index is 964. The third-order valence-electron chi connectivity index (χ3n) is 7.06. The average molecular weight is 429 g/mol. The second kappa shape index (κ2) is 7.77. The molecule has 0 spiro atoms. The fourth-order valence-corrected chi connectivity index (χ4v) is 6.57. The molecule has 4 rings (SSSR count). The normalized spacial score (nSPS) is 21.8. The monoisotopic (exact) mass is 428 g/mol. The molecule has 1 aromatic carbocycles. The molecule has 2 N–H and O–H groups in total. The molecule has 0 bridgehead atoms. The molecule has 5 heteroatoms. The Morgan fingerprint density at radius 1 is 1.27 bits per heavy atom. The summed E-state index contributed by atoms with van der Waals surface area (Å²) in [6.07, 6.45) is 1.42. The molecule has 162 valence electrons. The third-order valence-corrected chi connectivity index (χ3v) is 8.27. The fraction of sp³-hybridized carbons (Fsp3) is 0.560. The number of carbonyl (C=O) groups is 1. The lowest BCUT2D eigenvalue weighted by molar-refractivity contribution is 0.0531. The lowest BCUT2D eigenvalue weighted by atomic mass is 9.93. The molecule has 4 nitrogen and oxygen atoms in total. The van der Waals surface area contributed by atoms with Crippen molar-refractivity contribution in [1.82, 2.24) is 0 Å². The van der Waals surface area contributed by atoms with Crippen LogP contribution in [0.4, 0.5) is 0 Å². The number of ketones is 1. The highest BCUT2D eigenvalue weighted by atomic mass is 32.1. The Hall–Kier alpha value is -1.69. The molecule has 1 heterocycles. The number of benzene rings is 1. The molecule has 2 aliphatic carbocycles. The van der Waals surface area contributed by atoms with E-state index < -0.39 is 6.10 Å². The molecule has 1 aromatic heterocycles. The van der Waals surface area contributed by atoms with Gasteiger partial charge in [-0.25, -0.2) is 0 Å². The van der Waals surface area contributed by atoms with Gasteiger partial charge in [-0.05, 0) is 78.7 Å². The van der Waals surface area contributed by atoms with Crippen molar-refractivity contribution in [3.05, 3.63) is 49.7 Å². The molecule has 0 amide bonds. The Balaban J connectivity index is 1.43. The molecule has 0 aliphatic heterocycles. The van der Waals surface area contributed by atoms with Gasteiger partial charge < -0.3 is 14.9 Å². The van der Waals surface area contributed by atoms with Gasteiger partial charge in [0.05, 0.1) is 11.5 Å². The predicted octanol–water partition coefficient (Wildman–Crippen LogP) is 4.52. The van der Waals surface area contributed by atoms with Gasteiger partial charge in [-0.3, -0.25) is 4.79 Å². The summed E-state index contributed by atoms with van der Waals surface area (Å²) >= 11 is 1.70. The quantitative estimate of drug-likeness (QED) is 0.607. The fourth-order valence-electron chi connectivity index (χ4n) is 5.37. The topological polar surface area (TPSA) is 66.8 Å². The summed E-state index contributed by atoms with van der Waals surface area (Å²) in [4.78, 5) is 15.4. The van der Waals surface area contributed by atoms with Gasteiger partial charge >= 0.3 is 0 Å². The maximum Gasteiger partial charge on any atom is 0.173 e. The number of hydrogen-bond acceptors (Lipinski definition) is 5. The Labute approximate surface area is 182 Å². The lowest BCUT2D eigenvalue weighted by Gasteiger charge is -2.16. The summed E-state index contributed by atoms with van der Waals surface area (Å²) in [5.41, 5.74) is 6.33. The van der Waals surface area contributed by atoms with Crippen LogP contribution >= 0.6 is 11.3 Å². The maximum atomic E-state index is 13.1. The first-order valence-corrected chi connectivity index (χ1v) is 11.6. The van der Waals surface area contributed by atoms with E-state index in [1.165, 1.54) is 16.0 Å². The van der Waals surface area contributed by atoms with Crippen LogP contribution < -0.4 is 4.74 Å². The minimum Gasteiger partial charge on any atom is -0.490 e. The predicted molar refractivity (Wildman–Crippen MR) is 120 cm³/mol. The van der Waals surface area contributed by atoms with Gasteiger partial charge in [-0.1, -0.05) is 26.0 Å². The summed E-state index contributed by atoms with van der Waals surface area (Å²) in [5, 5.41) is 18.5. The van der Waals surface area contributed by atoms with Crippen LogP contribution in [-0.4, -0.2) is 35.3 Å². The summed E-state index contributed by atoms with van der Waals surface area (Å²) in [6.45, 7) is 10.6. The van der Waals surface area contributed by atoms with Gasteiger partial charge in [0.15, 0.2) is 5.78 Å². The molecule has 1 saturated carbocycles. The van der Waals surface area contributed by atoms with Crippen LogP contribution in [-0.2, 0) is 12.8 Å². The summed E-state index contributed by atoms with van der Waals surface area (Å²) in [6, 6.07) is 4.12. The number of aliphatic hydroxyl groups excluding tert-OH is 2. The van der Waals surface area contributed by atoms with E-state index in [2.05, 4.69) is 32.9 Å². The van der Waals surface area contributed by atoms with Crippen molar-refractivity contribution in [2.24, 2.45) is 11.3 Å². The number of thiophene rings is 1. The zero-order chi connectivity index (χ0) is 21.8. The van der Waals surface area contributed by atoms with Crippen molar-refractivity contribution in [2.45, 2.75) is 65.9 Å². The van der Waals surface area contributed by atoms with Crippen molar-refractivity contribution >= 4 is 17.1 Å². The standard InChI is InChI=1S/C25H32O4S/c1-13-8-16(9-14(2)23(13)29-12-17(27)11-26)6-7-20(28)24-18-10-19-22(25(19,4)5)21(18)15(3)30-24/h8-9,17,19,22,26-27H,6-7,10-12H2,1-5H3/t17-,19+,22+/m0/s1. The molecule has 0 radical (unpaired) electrons. The van der Waals surface area contributed by atoms with E-state index in [0.717, 1.165) is 39.7 Å². The number of aryl methyl sites for hydroxylation is 4. The van der Waals surface area contributed by atoms with Crippen molar-refractivity contribution < 1.29 is 19.7 Å². The average Bonchev–Trinajstić information content (AvgIpc) is 3.02. The molecule has 2 aliphatic rings. The van der Waals surface area contributed by atoms with Crippen molar-refractivity contribution in [2.75, 3.05) is 13.2 Å². The highest BCUT2D eigenvalue weighted by Crippen LogP contribution is 2.71. The SMILES string of the molecule is Cc1cc(CCC(=O)c2sc(C)c3c2C[C@@H]2[C@H]3C2(C)C)cc(C)c1OC[C@@H](O)CO. The molecule has 0 saturated heterocycles. The van der Waals surface area contributed by atoms with Crippen LogP contribution in [0, 0.1) is 32.1 Å². The van der Waals surface area contributed by atoms with Crippen molar-refractivity contribution in [3.8, 4) is 5.75 Å². The minimum absolute atomic E-state index is 0.0671. The molecule has 3 atom stereocenters. The number of ether oxygens (including phenoxy) is 1. The van der Waals surface area contributed by atoms with E-state index in [9.17, 15) is 9.90 Å². The molecule has 2 aromatic rings. The van der Waals surface area contributed by atoms with E-state index in [1.807, 2.05) is 13.8 Å². The summed E-state index contributed by atoms with van der Waals surface area (Å²) < 4.78 is 5.68. The van der Waals surface area contributed by atoms with Gasteiger partial charge in [-0.15, -0.1) is 11.3 Å². The summed E-state index contributed by atoms with van der Waals surface area (Å²) in [7, 11) is 0. The molecule has 0 unspecified atom stereocenters. The highest BCUT2D eigenvalue weighted by molar-refractivity contribution is 7.14. The third kappa shape index (κ3) is 3.61. The Morgan fingerprint density at radius 3 is 2.57 bits per heavy atom. The van der Waals surface area contributed by atoms with Crippen LogP contribution in [0.1, 0.15) is 68.6 Å². The first-order valence-electron chi connectivity index (χ1n) is 10.8. The first-order chi connectivity index (χ1) is 14.1. The van der Waals surface area contributed by atoms with Crippen LogP contribution in [0.2, 0.25) is 0 Å². The van der Waals surface area contributed by atoms with E-state index in [-0.39, 0.29) is 19.0 Å². The smallest absolute Gasteiger partial charge is 0.173 e. The zero-order valence-electron chi connectivity index (χ0n) is 18.5.